The van der Waals surface area contributed by atoms with Crippen LogP contribution in [-0.2, 0) is 14.3 Å². The number of likely N-dealkylation sites (tertiary alicyclic amines) is 1. The SMILES string of the molecule is CCCCCOc1ccc(/C(O)=C2/C(=O)C(=O)N(CC3CCCO3)C2c2cccc(O)c2)cc1. The monoisotopic (exact) mass is 465 g/mol. The number of aromatic hydroxyl groups is 1. The number of benzene rings is 2. The van der Waals surface area contributed by atoms with E-state index in [0.29, 0.717) is 30.1 Å². The molecule has 2 fully saturated rings. The molecule has 2 atom stereocenters. The first-order chi connectivity index (χ1) is 16.5. The number of ketones is 1. The average Bonchev–Trinajstić information content (AvgIpc) is 3.44. The van der Waals surface area contributed by atoms with Gasteiger partial charge >= 0.3 is 0 Å². The van der Waals surface area contributed by atoms with Gasteiger partial charge in [0.25, 0.3) is 11.7 Å². The fourth-order valence-electron chi connectivity index (χ4n) is 4.52. The van der Waals surface area contributed by atoms with E-state index in [1.165, 1.54) is 17.0 Å². The van der Waals surface area contributed by atoms with Crippen molar-refractivity contribution in [2.75, 3.05) is 19.8 Å². The van der Waals surface area contributed by atoms with Gasteiger partial charge in [0.15, 0.2) is 0 Å². The third-order valence-electron chi connectivity index (χ3n) is 6.29. The lowest BCUT2D eigenvalue weighted by Gasteiger charge is -2.27. The van der Waals surface area contributed by atoms with Crippen molar-refractivity contribution in [3.63, 3.8) is 0 Å². The maximum atomic E-state index is 13.1. The summed E-state index contributed by atoms with van der Waals surface area (Å²) in [6.45, 7) is 3.61. The molecule has 180 valence electrons. The van der Waals surface area contributed by atoms with Gasteiger partial charge in [0, 0.05) is 18.7 Å². The molecule has 7 nitrogen and oxygen atoms in total. The number of Topliss-reactive ketones (excluding diaryl/α,β-unsaturated/α-hetero) is 1. The second kappa shape index (κ2) is 10.7. The Bertz CT molecular complexity index is 1060. The zero-order valence-corrected chi connectivity index (χ0v) is 19.4. The van der Waals surface area contributed by atoms with Crippen LogP contribution < -0.4 is 4.74 Å². The number of carbonyl (C=O) groups is 2. The van der Waals surface area contributed by atoms with E-state index >= 15 is 0 Å². The molecule has 2 aromatic rings. The van der Waals surface area contributed by atoms with Crippen molar-refractivity contribution < 1.29 is 29.3 Å². The van der Waals surface area contributed by atoms with Crippen LogP contribution in [0.1, 0.15) is 56.2 Å². The standard InChI is InChI=1S/C27H31NO6/c1-2-3-4-14-33-21-12-10-18(11-13-21)25(30)23-24(19-7-5-8-20(29)16-19)28(27(32)26(23)31)17-22-9-6-15-34-22/h5,7-8,10-13,16,22,24,29-30H,2-4,6,9,14-15,17H2,1H3/b25-23-. The highest BCUT2D eigenvalue weighted by atomic mass is 16.5. The van der Waals surface area contributed by atoms with Gasteiger partial charge in [0.2, 0.25) is 0 Å². The van der Waals surface area contributed by atoms with Gasteiger partial charge in [-0.25, -0.2) is 0 Å². The summed E-state index contributed by atoms with van der Waals surface area (Å²) in [4.78, 5) is 27.6. The summed E-state index contributed by atoms with van der Waals surface area (Å²) in [5, 5.41) is 21.2. The molecule has 4 rings (SSSR count). The molecule has 7 heteroatoms. The fraction of sp³-hybridized carbons (Fsp3) is 0.407. The Morgan fingerprint density at radius 2 is 1.94 bits per heavy atom. The highest BCUT2D eigenvalue weighted by Gasteiger charge is 2.47. The van der Waals surface area contributed by atoms with Gasteiger partial charge in [-0.1, -0.05) is 31.9 Å². The molecular formula is C27H31NO6. The molecule has 0 radical (unpaired) electrons. The van der Waals surface area contributed by atoms with Crippen molar-refractivity contribution in [1.29, 1.82) is 0 Å². The number of hydrogen-bond donors (Lipinski definition) is 2. The number of rotatable bonds is 9. The minimum Gasteiger partial charge on any atom is -0.508 e. The second-order valence-electron chi connectivity index (χ2n) is 8.76. The van der Waals surface area contributed by atoms with Crippen molar-refractivity contribution in [2.24, 2.45) is 0 Å². The molecule has 2 aromatic carbocycles. The summed E-state index contributed by atoms with van der Waals surface area (Å²) in [7, 11) is 0. The van der Waals surface area contributed by atoms with Crippen molar-refractivity contribution >= 4 is 17.4 Å². The molecule has 2 unspecified atom stereocenters. The van der Waals surface area contributed by atoms with Crippen LogP contribution in [0.15, 0.2) is 54.1 Å². The van der Waals surface area contributed by atoms with Crippen LogP contribution >= 0.6 is 0 Å². The second-order valence-corrected chi connectivity index (χ2v) is 8.76. The van der Waals surface area contributed by atoms with Gasteiger partial charge in [-0.2, -0.15) is 0 Å². The normalized spacial score (nSPS) is 21.9. The summed E-state index contributed by atoms with van der Waals surface area (Å²) in [6, 6.07) is 12.4. The zero-order chi connectivity index (χ0) is 24.1. The maximum Gasteiger partial charge on any atom is 0.295 e. The number of unbranched alkanes of at least 4 members (excludes halogenated alkanes) is 2. The number of aliphatic hydroxyl groups is 1. The molecule has 2 heterocycles. The van der Waals surface area contributed by atoms with E-state index in [0.717, 1.165) is 32.1 Å². The fourth-order valence-corrected chi connectivity index (χ4v) is 4.52. The highest BCUT2D eigenvalue weighted by Crippen LogP contribution is 2.41. The first kappa shape index (κ1) is 23.8. The molecule has 2 aliphatic heterocycles. The zero-order valence-electron chi connectivity index (χ0n) is 19.4. The van der Waals surface area contributed by atoms with E-state index in [1.54, 1.807) is 36.4 Å². The molecule has 2 aliphatic rings. The van der Waals surface area contributed by atoms with Crippen LogP contribution in [0.25, 0.3) is 5.76 Å². The lowest BCUT2D eigenvalue weighted by atomic mass is 9.95. The Hall–Kier alpha value is -3.32. The van der Waals surface area contributed by atoms with Gasteiger partial charge in [0.1, 0.15) is 17.3 Å². The van der Waals surface area contributed by atoms with E-state index in [2.05, 4.69) is 6.92 Å². The molecule has 34 heavy (non-hydrogen) atoms. The Balaban J connectivity index is 1.67. The third-order valence-corrected chi connectivity index (χ3v) is 6.29. The number of nitrogens with zero attached hydrogens (tertiary/aromatic N) is 1. The lowest BCUT2D eigenvalue weighted by molar-refractivity contribution is -0.140. The molecular weight excluding hydrogens is 434 g/mol. The summed E-state index contributed by atoms with van der Waals surface area (Å²) in [5.41, 5.74) is 0.973. The van der Waals surface area contributed by atoms with Crippen LogP contribution in [0.3, 0.4) is 0 Å². The summed E-state index contributed by atoms with van der Waals surface area (Å²) in [5.74, 6) is -0.982. The predicted octanol–water partition coefficient (Wildman–Crippen LogP) is 4.56. The molecule has 0 aliphatic carbocycles. The first-order valence-electron chi connectivity index (χ1n) is 11.9. The lowest BCUT2D eigenvalue weighted by Crippen LogP contribution is -2.36. The Morgan fingerprint density at radius 3 is 2.62 bits per heavy atom. The number of hydrogen-bond acceptors (Lipinski definition) is 6. The predicted molar refractivity (Wildman–Crippen MR) is 128 cm³/mol. The number of aliphatic hydroxyl groups excluding tert-OH is 1. The molecule has 0 aromatic heterocycles. The van der Waals surface area contributed by atoms with Crippen LogP contribution in [0.4, 0.5) is 0 Å². The van der Waals surface area contributed by atoms with Crippen LogP contribution in [0.5, 0.6) is 11.5 Å². The van der Waals surface area contributed by atoms with Crippen molar-refractivity contribution in [3.05, 3.63) is 65.2 Å². The van der Waals surface area contributed by atoms with Gasteiger partial charge in [-0.3, -0.25) is 9.59 Å². The number of ether oxygens (including phenoxy) is 2. The van der Waals surface area contributed by atoms with Crippen LogP contribution in [0, 0.1) is 0 Å². The number of phenolic OH excluding ortho intramolecular Hbond substituents is 1. The van der Waals surface area contributed by atoms with Gasteiger partial charge < -0.3 is 24.6 Å². The molecule has 1 amide bonds. The largest absolute Gasteiger partial charge is 0.508 e. The quantitative estimate of drug-likeness (QED) is 0.244. The molecule has 0 bridgehead atoms. The third kappa shape index (κ3) is 5.09. The smallest absolute Gasteiger partial charge is 0.295 e. The maximum absolute atomic E-state index is 13.1. The topological polar surface area (TPSA) is 96.3 Å². The van der Waals surface area contributed by atoms with E-state index in [1.807, 2.05) is 0 Å². The number of phenols is 1. The summed E-state index contributed by atoms with van der Waals surface area (Å²) < 4.78 is 11.4. The van der Waals surface area contributed by atoms with E-state index < -0.39 is 17.7 Å². The molecule has 2 N–H and O–H groups in total. The van der Waals surface area contributed by atoms with Crippen LogP contribution in [-0.4, -0.2) is 52.7 Å². The highest BCUT2D eigenvalue weighted by molar-refractivity contribution is 6.46. The van der Waals surface area contributed by atoms with Crippen molar-refractivity contribution in [2.45, 2.75) is 51.2 Å². The van der Waals surface area contributed by atoms with Gasteiger partial charge in [-0.05, 0) is 61.2 Å². The molecule has 0 saturated carbocycles. The van der Waals surface area contributed by atoms with Gasteiger partial charge in [0.05, 0.1) is 24.3 Å². The first-order valence-corrected chi connectivity index (χ1v) is 11.9. The van der Waals surface area contributed by atoms with Crippen LogP contribution in [0.2, 0.25) is 0 Å². The number of amides is 1. The van der Waals surface area contributed by atoms with E-state index in [9.17, 15) is 19.8 Å². The van der Waals surface area contributed by atoms with Crippen molar-refractivity contribution in [1.82, 2.24) is 4.90 Å². The number of carbonyl (C=O) groups excluding carboxylic acids is 2. The summed E-state index contributed by atoms with van der Waals surface area (Å²) >= 11 is 0. The van der Waals surface area contributed by atoms with Gasteiger partial charge in [-0.15, -0.1) is 0 Å². The van der Waals surface area contributed by atoms with E-state index in [-0.39, 0.29) is 29.7 Å². The molecule has 0 spiro atoms. The van der Waals surface area contributed by atoms with Crippen molar-refractivity contribution in [3.8, 4) is 11.5 Å². The minimum atomic E-state index is -0.818. The Morgan fingerprint density at radius 1 is 1.15 bits per heavy atom. The van der Waals surface area contributed by atoms with E-state index in [4.69, 9.17) is 9.47 Å². The molecule has 2 saturated heterocycles. The Labute approximate surface area is 199 Å². The Kier molecular flexibility index (Phi) is 7.53. The average molecular weight is 466 g/mol. The minimum absolute atomic E-state index is 0.00483. The summed E-state index contributed by atoms with van der Waals surface area (Å²) in [6.07, 6.45) is 4.72.